The van der Waals surface area contributed by atoms with E-state index in [4.69, 9.17) is 10.5 Å². The van der Waals surface area contributed by atoms with Gasteiger partial charge in [-0.25, -0.2) is 8.42 Å². The first-order valence-corrected chi connectivity index (χ1v) is 7.92. The molecule has 0 aliphatic carbocycles. The average Bonchev–Trinajstić information content (AvgIpc) is 2.21. The summed E-state index contributed by atoms with van der Waals surface area (Å²) < 4.78 is 32.0. The third kappa shape index (κ3) is 5.24. The summed E-state index contributed by atoms with van der Waals surface area (Å²) >= 11 is 3.26. The molecule has 0 unspecified atom stereocenters. The van der Waals surface area contributed by atoms with Crippen molar-refractivity contribution in [1.82, 2.24) is 0 Å². The standard InChI is InChI=1S/C11H17BrN2O3S/c1-8(2)17-5-6-18(15,16)14-11-4-3-9(12)7-10(11)13/h3-4,7-8,14H,5-6,13H2,1-2H3. The molecule has 0 atom stereocenters. The van der Waals surface area contributed by atoms with Crippen LogP contribution in [0, 0.1) is 0 Å². The number of hydrogen-bond donors (Lipinski definition) is 2. The number of anilines is 2. The average molecular weight is 337 g/mol. The minimum Gasteiger partial charge on any atom is -0.397 e. The van der Waals surface area contributed by atoms with Gasteiger partial charge >= 0.3 is 0 Å². The van der Waals surface area contributed by atoms with Gasteiger partial charge in [0.15, 0.2) is 0 Å². The first kappa shape index (κ1) is 15.3. The summed E-state index contributed by atoms with van der Waals surface area (Å²) in [5.74, 6) is -0.0965. The second kappa shape index (κ2) is 6.40. The van der Waals surface area contributed by atoms with E-state index >= 15 is 0 Å². The molecule has 3 N–H and O–H groups in total. The quantitative estimate of drug-likeness (QED) is 0.780. The number of halogens is 1. The minimum atomic E-state index is -3.44. The Balaban J connectivity index is 2.65. The van der Waals surface area contributed by atoms with Gasteiger partial charge in [0, 0.05) is 4.47 Å². The number of sulfonamides is 1. The van der Waals surface area contributed by atoms with Gasteiger partial charge in [0.2, 0.25) is 10.0 Å². The molecule has 1 rings (SSSR count). The number of rotatable bonds is 6. The molecule has 0 heterocycles. The van der Waals surface area contributed by atoms with Crippen LogP contribution >= 0.6 is 15.9 Å². The fourth-order valence-corrected chi connectivity index (χ4v) is 2.56. The lowest BCUT2D eigenvalue weighted by molar-refractivity contribution is 0.0913. The van der Waals surface area contributed by atoms with Crippen LogP contribution in [0.15, 0.2) is 22.7 Å². The van der Waals surface area contributed by atoms with Crippen molar-refractivity contribution in [3.63, 3.8) is 0 Å². The monoisotopic (exact) mass is 336 g/mol. The van der Waals surface area contributed by atoms with E-state index in [9.17, 15) is 8.42 Å². The fraction of sp³-hybridized carbons (Fsp3) is 0.455. The van der Waals surface area contributed by atoms with Crippen molar-refractivity contribution in [3.8, 4) is 0 Å². The van der Waals surface area contributed by atoms with Crippen molar-refractivity contribution in [2.75, 3.05) is 22.8 Å². The third-order valence-electron chi connectivity index (χ3n) is 2.08. The summed E-state index contributed by atoms with van der Waals surface area (Å²) in [6, 6.07) is 4.97. The number of nitrogen functional groups attached to an aromatic ring is 1. The van der Waals surface area contributed by atoms with Gasteiger partial charge < -0.3 is 10.5 Å². The Hall–Kier alpha value is -0.790. The zero-order valence-electron chi connectivity index (χ0n) is 10.3. The molecule has 0 aliphatic heterocycles. The number of ether oxygens (including phenoxy) is 1. The lowest BCUT2D eigenvalue weighted by atomic mass is 10.3. The molecule has 0 saturated carbocycles. The van der Waals surface area contributed by atoms with Crippen molar-refractivity contribution in [2.24, 2.45) is 0 Å². The third-order valence-corrected chi connectivity index (χ3v) is 3.81. The molecule has 102 valence electrons. The highest BCUT2D eigenvalue weighted by molar-refractivity contribution is 9.10. The molecule has 0 fully saturated rings. The van der Waals surface area contributed by atoms with Crippen LogP contribution in [0.3, 0.4) is 0 Å². The zero-order chi connectivity index (χ0) is 13.8. The molecular weight excluding hydrogens is 320 g/mol. The topological polar surface area (TPSA) is 81.4 Å². The summed E-state index contributed by atoms with van der Waals surface area (Å²) in [6.07, 6.45) is 0.0120. The fourth-order valence-electron chi connectivity index (χ4n) is 1.24. The highest BCUT2D eigenvalue weighted by atomic mass is 79.9. The van der Waals surface area contributed by atoms with Crippen LogP contribution in [-0.2, 0) is 14.8 Å². The van der Waals surface area contributed by atoms with Gasteiger partial charge in [-0.3, -0.25) is 4.72 Å². The molecule has 7 heteroatoms. The first-order valence-electron chi connectivity index (χ1n) is 5.47. The second-order valence-electron chi connectivity index (χ2n) is 4.07. The molecule has 0 aromatic heterocycles. The van der Waals surface area contributed by atoms with Gasteiger partial charge in [-0.15, -0.1) is 0 Å². The van der Waals surface area contributed by atoms with Crippen molar-refractivity contribution >= 4 is 37.3 Å². The van der Waals surface area contributed by atoms with Gasteiger partial charge in [-0.2, -0.15) is 0 Å². The van der Waals surface area contributed by atoms with Crippen LogP contribution < -0.4 is 10.5 Å². The van der Waals surface area contributed by atoms with E-state index < -0.39 is 10.0 Å². The Kier molecular flexibility index (Phi) is 5.43. The second-order valence-corrected chi connectivity index (χ2v) is 6.83. The summed E-state index contributed by atoms with van der Waals surface area (Å²) in [6.45, 7) is 3.86. The number of nitrogens with two attached hydrogens (primary N) is 1. The maximum Gasteiger partial charge on any atom is 0.235 e. The van der Waals surface area contributed by atoms with E-state index in [-0.39, 0.29) is 18.5 Å². The minimum absolute atomic E-state index is 0.0120. The maximum absolute atomic E-state index is 11.8. The van der Waals surface area contributed by atoms with E-state index in [0.717, 1.165) is 4.47 Å². The van der Waals surface area contributed by atoms with Crippen LogP contribution in [-0.4, -0.2) is 26.9 Å². The van der Waals surface area contributed by atoms with Crippen LogP contribution in [0.25, 0.3) is 0 Å². The molecule has 1 aromatic carbocycles. The van der Waals surface area contributed by atoms with E-state index in [0.29, 0.717) is 11.4 Å². The van der Waals surface area contributed by atoms with Gasteiger partial charge in [0.25, 0.3) is 0 Å². The van der Waals surface area contributed by atoms with Crippen molar-refractivity contribution < 1.29 is 13.2 Å². The van der Waals surface area contributed by atoms with Crippen LogP contribution in [0.1, 0.15) is 13.8 Å². The van der Waals surface area contributed by atoms with E-state index in [2.05, 4.69) is 20.7 Å². The van der Waals surface area contributed by atoms with Crippen molar-refractivity contribution in [1.29, 1.82) is 0 Å². The highest BCUT2D eigenvalue weighted by Crippen LogP contribution is 2.23. The van der Waals surface area contributed by atoms with Gasteiger partial charge in [0.05, 0.1) is 29.8 Å². The van der Waals surface area contributed by atoms with Gasteiger partial charge in [0.1, 0.15) is 0 Å². The number of nitrogens with one attached hydrogen (secondary N) is 1. The molecule has 1 aromatic rings. The van der Waals surface area contributed by atoms with E-state index in [1.165, 1.54) is 0 Å². The largest absolute Gasteiger partial charge is 0.397 e. The summed E-state index contributed by atoms with van der Waals surface area (Å²) in [4.78, 5) is 0. The Morgan fingerprint density at radius 2 is 2.11 bits per heavy atom. The molecule has 18 heavy (non-hydrogen) atoms. The van der Waals surface area contributed by atoms with Gasteiger partial charge in [-0.05, 0) is 32.0 Å². The Labute approximate surface area is 116 Å². The zero-order valence-corrected chi connectivity index (χ0v) is 12.7. The Bertz CT molecular complexity index is 503. The lowest BCUT2D eigenvalue weighted by Gasteiger charge is -2.11. The summed E-state index contributed by atoms with van der Waals surface area (Å²) in [7, 11) is -3.44. The van der Waals surface area contributed by atoms with E-state index in [1.807, 2.05) is 13.8 Å². The molecule has 0 saturated heterocycles. The van der Waals surface area contributed by atoms with Crippen LogP contribution in [0.2, 0.25) is 0 Å². The summed E-state index contributed by atoms with van der Waals surface area (Å²) in [5, 5.41) is 0. The molecular formula is C11H17BrN2O3S. The molecule has 5 nitrogen and oxygen atoms in total. The molecule has 0 spiro atoms. The molecule has 0 amide bonds. The van der Waals surface area contributed by atoms with E-state index in [1.54, 1.807) is 18.2 Å². The SMILES string of the molecule is CC(C)OCCS(=O)(=O)Nc1ccc(Br)cc1N. The van der Waals surface area contributed by atoms with Crippen LogP contribution in [0.5, 0.6) is 0 Å². The highest BCUT2D eigenvalue weighted by Gasteiger charge is 2.12. The summed E-state index contributed by atoms with van der Waals surface area (Å²) in [5.41, 5.74) is 6.47. The normalized spacial score (nSPS) is 11.8. The Morgan fingerprint density at radius 3 is 2.67 bits per heavy atom. The predicted molar refractivity (Wildman–Crippen MR) is 77.1 cm³/mol. The maximum atomic E-state index is 11.8. The smallest absolute Gasteiger partial charge is 0.235 e. The lowest BCUT2D eigenvalue weighted by Crippen LogP contribution is -2.22. The van der Waals surface area contributed by atoms with Crippen molar-refractivity contribution in [3.05, 3.63) is 22.7 Å². The molecule has 0 radical (unpaired) electrons. The number of benzene rings is 1. The molecule has 0 bridgehead atoms. The number of hydrogen-bond acceptors (Lipinski definition) is 4. The first-order chi connectivity index (χ1) is 8.30. The molecule has 0 aliphatic rings. The Morgan fingerprint density at radius 1 is 1.44 bits per heavy atom. The van der Waals surface area contributed by atoms with Crippen LogP contribution in [0.4, 0.5) is 11.4 Å². The van der Waals surface area contributed by atoms with Gasteiger partial charge in [-0.1, -0.05) is 15.9 Å². The predicted octanol–water partition coefficient (Wildman–Crippen LogP) is 2.20. The van der Waals surface area contributed by atoms with Crippen molar-refractivity contribution in [2.45, 2.75) is 20.0 Å².